The topological polar surface area (TPSA) is 12.0 Å². The molecule has 0 heterocycles. The summed E-state index contributed by atoms with van der Waals surface area (Å²) in [7, 11) is 0. The van der Waals surface area contributed by atoms with Crippen LogP contribution in [0.15, 0.2) is 18.2 Å². The summed E-state index contributed by atoms with van der Waals surface area (Å²) in [5.74, 6) is 0. The molecule has 1 aromatic rings. The molecule has 0 saturated carbocycles. The van der Waals surface area contributed by atoms with Gasteiger partial charge >= 0.3 is 0 Å². The van der Waals surface area contributed by atoms with E-state index in [1.807, 2.05) is 0 Å². The Kier molecular flexibility index (Phi) is 8.16. The first-order valence-electron chi connectivity index (χ1n) is 7.68. The number of rotatable bonds is 9. The summed E-state index contributed by atoms with van der Waals surface area (Å²) in [5.41, 5.74) is 2.49. The number of halogens is 1. The summed E-state index contributed by atoms with van der Waals surface area (Å²) in [4.78, 5) is 0. The van der Waals surface area contributed by atoms with Gasteiger partial charge in [-0.3, -0.25) is 0 Å². The molecule has 0 amide bonds. The highest BCUT2D eigenvalue weighted by Gasteiger charge is 2.11. The van der Waals surface area contributed by atoms with Crippen LogP contribution in [0.5, 0.6) is 0 Å². The highest BCUT2D eigenvalue weighted by Crippen LogP contribution is 2.25. The van der Waals surface area contributed by atoms with E-state index in [0.717, 1.165) is 17.1 Å². The highest BCUT2D eigenvalue weighted by molar-refractivity contribution is 6.31. The third kappa shape index (κ3) is 5.97. The maximum atomic E-state index is 6.25. The first kappa shape index (κ1) is 16.5. The molecule has 0 aliphatic rings. The lowest BCUT2D eigenvalue weighted by Crippen LogP contribution is -2.22. The van der Waals surface area contributed by atoms with Crippen molar-refractivity contribution in [3.05, 3.63) is 34.3 Å². The van der Waals surface area contributed by atoms with E-state index in [0.29, 0.717) is 6.04 Å². The molecule has 0 aromatic heterocycles. The normalized spacial score (nSPS) is 12.6. The van der Waals surface area contributed by atoms with Gasteiger partial charge in [0, 0.05) is 11.1 Å². The first-order chi connectivity index (χ1) is 9.19. The van der Waals surface area contributed by atoms with E-state index in [1.54, 1.807) is 0 Å². The molecule has 0 bridgehead atoms. The molecule has 0 spiro atoms. The minimum absolute atomic E-state index is 0.454. The summed E-state index contributed by atoms with van der Waals surface area (Å²) in [6, 6.07) is 6.93. The van der Waals surface area contributed by atoms with Crippen LogP contribution in [0, 0.1) is 6.92 Å². The van der Waals surface area contributed by atoms with Gasteiger partial charge < -0.3 is 5.32 Å². The predicted octanol–water partition coefficient (Wildman–Crippen LogP) is 5.66. The van der Waals surface area contributed by atoms with E-state index < -0.39 is 0 Å². The largest absolute Gasteiger partial charge is 0.310 e. The van der Waals surface area contributed by atoms with Gasteiger partial charge in [0.2, 0.25) is 0 Å². The van der Waals surface area contributed by atoms with Crippen molar-refractivity contribution in [2.45, 2.75) is 65.3 Å². The molecule has 1 rings (SSSR count). The van der Waals surface area contributed by atoms with Crippen molar-refractivity contribution >= 4 is 11.6 Å². The van der Waals surface area contributed by atoms with Gasteiger partial charge in [0.05, 0.1) is 0 Å². The first-order valence-corrected chi connectivity index (χ1v) is 8.06. The summed E-state index contributed by atoms with van der Waals surface area (Å²) < 4.78 is 0. The Balaban J connectivity index is 2.63. The van der Waals surface area contributed by atoms with Gasteiger partial charge in [-0.05, 0) is 43.5 Å². The Hall–Kier alpha value is -0.530. The number of unbranched alkanes of at least 4 members (excludes halogenated alkanes) is 3. The molecule has 1 N–H and O–H groups in total. The lowest BCUT2D eigenvalue weighted by Gasteiger charge is -2.19. The molecule has 1 nitrogen and oxygen atoms in total. The molecular weight excluding hydrogens is 254 g/mol. The van der Waals surface area contributed by atoms with Crippen LogP contribution < -0.4 is 5.32 Å². The monoisotopic (exact) mass is 281 g/mol. The van der Waals surface area contributed by atoms with E-state index in [9.17, 15) is 0 Å². The van der Waals surface area contributed by atoms with Crippen LogP contribution in [-0.2, 0) is 0 Å². The molecule has 0 fully saturated rings. The number of hydrogen-bond acceptors (Lipinski definition) is 1. The van der Waals surface area contributed by atoms with Crippen molar-refractivity contribution in [2.24, 2.45) is 0 Å². The predicted molar refractivity (Wildman–Crippen MR) is 86.0 cm³/mol. The van der Waals surface area contributed by atoms with Crippen LogP contribution in [-0.4, -0.2) is 6.54 Å². The Labute approximate surface area is 123 Å². The molecule has 0 saturated heterocycles. The molecule has 0 radical (unpaired) electrons. The van der Waals surface area contributed by atoms with Crippen LogP contribution >= 0.6 is 11.6 Å². The fourth-order valence-corrected chi connectivity index (χ4v) is 2.50. The van der Waals surface area contributed by atoms with E-state index >= 15 is 0 Å². The van der Waals surface area contributed by atoms with Crippen LogP contribution in [0.25, 0.3) is 0 Å². The van der Waals surface area contributed by atoms with E-state index in [-0.39, 0.29) is 0 Å². The molecule has 2 heteroatoms. The van der Waals surface area contributed by atoms with Crippen molar-refractivity contribution in [1.29, 1.82) is 0 Å². The van der Waals surface area contributed by atoms with Gasteiger partial charge in [-0.2, -0.15) is 0 Å². The minimum Gasteiger partial charge on any atom is -0.310 e. The van der Waals surface area contributed by atoms with Crippen LogP contribution in [0.3, 0.4) is 0 Å². The molecular formula is C17H28ClN. The van der Waals surface area contributed by atoms with Gasteiger partial charge in [0.1, 0.15) is 0 Å². The lowest BCUT2D eigenvalue weighted by molar-refractivity contribution is 0.470. The van der Waals surface area contributed by atoms with Crippen molar-refractivity contribution in [3.63, 3.8) is 0 Å². The van der Waals surface area contributed by atoms with Gasteiger partial charge in [-0.25, -0.2) is 0 Å². The van der Waals surface area contributed by atoms with Gasteiger partial charge in [0.15, 0.2) is 0 Å². The molecule has 1 unspecified atom stereocenters. The van der Waals surface area contributed by atoms with E-state index in [1.165, 1.54) is 44.1 Å². The van der Waals surface area contributed by atoms with Crippen LogP contribution in [0.2, 0.25) is 5.02 Å². The second kappa shape index (κ2) is 9.39. The maximum Gasteiger partial charge on any atom is 0.0438 e. The lowest BCUT2D eigenvalue weighted by atomic mass is 9.99. The zero-order valence-corrected chi connectivity index (χ0v) is 13.4. The Bertz CT molecular complexity index is 362. The quantitative estimate of drug-likeness (QED) is 0.576. The molecule has 0 aliphatic heterocycles. The number of aryl methyl sites for hydroxylation is 1. The van der Waals surface area contributed by atoms with Crippen LogP contribution in [0.1, 0.15) is 69.5 Å². The zero-order chi connectivity index (χ0) is 14.1. The summed E-state index contributed by atoms with van der Waals surface area (Å²) in [6.07, 6.45) is 7.64. The van der Waals surface area contributed by atoms with Gasteiger partial charge in [-0.1, -0.05) is 63.3 Å². The molecule has 1 atom stereocenters. The molecule has 0 aliphatic carbocycles. The average molecular weight is 282 g/mol. The zero-order valence-electron chi connectivity index (χ0n) is 12.6. The Morgan fingerprint density at radius 3 is 2.53 bits per heavy atom. The summed E-state index contributed by atoms with van der Waals surface area (Å²) >= 11 is 6.25. The van der Waals surface area contributed by atoms with Crippen molar-refractivity contribution in [2.75, 3.05) is 6.54 Å². The number of benzene rings is 1. The second-order valence-electron chi connectivity index (χ2n) is 5.36. The second-order valence-corrected chi connectivity index (χ2v) is 5.77. The fourth-order valence-electron chi connectivity index (χ4n) is 2.31. The number of hydrogen-bond donors (Lipinski definition) is 1. The van der Waals surface area contributed by atoms with Gasteiger partial charge in [0.25, 0.3) is 0 Å². The van der Waals surface area contributed by atoms with Gasteiger partial charge in [-0.15, -0.1) is 0 Å². The van der Waals surface area contributed by atoms with E-state index in [4.69, 9.17) is 11.6 Å². The minimum atomic E-state index is 0.454. The molecule has 108 valence electrons. The Morgan fingerprint density at radius 2 is 1.89 bits per heavy atom. The van der Waals surface area contributed by atoms with Crippen LogP contribution in [0.4, 0.5) is 0 Å². The molecule has 1 aromatic carbocycles. The SMILES string of the molecule is CCCCCCC(NCCC)c1ccc(C)c(Cl)c1. The number of nitrogens with one attached hydrogen (secondary N) is 1. The highest BCUT2D eigenvalue weighted by atomic mass is 35.5. The third-order valence-corrected chi connectivity index (χ3v) is 3.99. The summed E-state index contributed by atoms with van der Waals surface area (Å²) in [6.45, 7) is 7.60. The summed E-state index contributed by atoms with van der Waals surface area (Å²) in [5, 5.41) is 4.53. The maximum absolute atomic E-state index is 6.25. The third-order valence-electron chi connectivity index (χ3n) is 3.59. The average Bonchev–Trinajstić information content (AvgIpc) is 2.41. The fraction of sp³-hybridized carbons (Fsp3) is 0.647. The Morgan fingerprint density at radius 1 is 1.11 bits per heavy atom. The molecule has 19 heavy (non-hydrogen) atoms. The van der Waals surface area contributed by atoms with Crippen molar-refractivity contribution in [1.82, 2.24) is 5.32 Å². The van der Waals surface area contributed by atoms with Crippen molar-refractivity contribution in [3.8, 4) is 0 Å². The smallest absolute Gasteiger partial charge is 0.0438 e. The van der Waals surface area contributed by atoms with Crippen molar-refractivity contribution < 1.29 is 0 Å². The van der Waals surface area contributed by atoms with E-state index in [2.05, 4.69) is 44.3 Å². The standard InChI is InChI=1S/C17H28ClN/c1-4-6-7-8-9-17(19-12-5-2)15-11-10-14(3)16(18)13-15/h10-11,13,17,19H,4-9,12H2,1-3H3.